The Morgan fingerprint density at radius 1 is 1.36 bits per heavy atom. The minimum atomic E-state index is 0.776. The van der Waals surface area contributed by atoms with E-state index in [1.54, 1.807) is 4.22 Å². The van der Waals surface area contributed by atoms with E-state index in [2.05, 4.69) is 27.6 Å². The third-order valence-electron chi connectivity index (χ3n) is 1.80. The zero-order chi connectivity index (χ0) is 8.10. The lowest BCUT2D eigenvalue weighted by Crippen LogP contribution is -2.06. The van der Waals surface area contributed by atoms with Crippen LogP contribution in [-0.2, 0) is 0 Å². The highest BCUT2D eigenvalue weighted by atomic mass is 127. The summed E-state index contributed by atoms with van der Waals surface area (Å²) >= 11 is 2.08. The zero-order valence-corrected chi connectivity index (χ0v) is 8.47. The zero-order valence-electron chi connectivity index (χ0n) is 6.31. The second-order valence-corrected chi connectivity index (χ2v) is 3.14. The molecule has 2 nitrogen and oxygen atoms in total. The molecule has 0 spiro atoms. The Labute approximate surface area is 80.4 Å². The first-order valence-electron chi connectivity index (χ1n) is 3.73. The van der Waals surface area contributed by atoms with Crippen LogP contribution in [0.3, 0.4) is 0 Å². The van der Waals surface area contributed by atoms with E-state index in [1.165, 1.54) is 12.8 Å². The van der Waals surface area contributed by atoms with Crippen molar-refractivity contribution in [2.75, 3.05) is 0 Å². The fraction of sp³-hybridized carbons (Fsp3) is 0.500. The smallest absolute Gasteiger partial charge is 0.0651 e. The van der Waals surface area contributed by atoms with Crippen molar-refractivity contribution >= 4 is 32.5 Å². The molecule has 0 aromatic carbocycles. The van der Waals surface area contributed by atoms with Gasteiger partial charge < -0.3 is 5.41 Å². The van der Waals surface area contributed by atoms with E-state index in [0.29, 0.717) is 0 Å². The lowest BCUT2D eigenvalue weighted by atomic mass is 9.94. The molecule has 0 aliphatic heterocycles. The summed E-state index contributed by atoms with van der Waals surface area (Å²) < 4.78 is 1.73. The summed E-state index contributed by atoms with van der Waals surface area (Å²) in [5.41, 5.74) is 1.89. The van der Waals surface area contributed by atoms with Gasteiger partial charge in [0.15, 0.2) is 0 Å². The molecular formula is C8H11IN2. The van der Waals surface area contributed by atoms with Gasteiger partial charge in [-0.3, -0.25) is 4.99 Å². The summed E-state index contributed by atoms with van der Waals surface area (Å²) in [7, 11) is 0. The number of hydrogen-bond donors (Lipinski definition) is 1. The van der Waals surface area contributed by atoms with Crippen LogP contribution in [0.25, 0.3) is 0 Å². The molecule has 3 heteroatoms. The normalized spacial score (nSPS) is 23.4. The third-order valence-corrected chi connectivity index (χ3v) is 2.12. The van der Waals surface area contributed by atoms with Crippen molar-refractivity contribution in [3.63, 3.8) is 0 Å². The SMILES string of the molecule is N=C1CCCC/C1=C/N=CI. The van der Waals surface area contributed by atoms with Gasteiger partial charge in [0.1, 0.15) is 0 Å². The van der Waals surface area contributed by atoms with Crippen LogP contribution in [0.1, 0.15) is 25.7 Å². The van der Waals surface area contributed by atoms with E-state index in [1.807, 2.05) is 6.20 Å². The molecule has 1 aliphatic carbocycles. The van der Waals surface area contributed by atoms with Crippen molar-refractivity contribution in [1.82, 2.24) is 0 Å². The van der Waals surface area contributed by atoms with E-state index < -0.39 is 0 Å². The molecule has 1 fully saturated rings. The number of aliphatic imine (C=N–C) groups is 1. The molecule has 0 atom stereocenters. The predicted octanol–water partition coefficient (Wildman–Crippen LogP) is 2.93. The number of hydrogen-bond acceptors (Lipinski definition) is 2. The number of halogens is 1. The number of nitrogens with zero attached hydrogens (tertiary/aromatic N) is 1. The minimum Gasteiger partial charge on any atom is -0.305 e. The first kappa shape index (κ1) is 8.90. The van der Waals surface area contributed by atoms with Crippen LogP contribution >= 0.6 is 22.6 Å². The molecule has 1 N–H and O–H groups in total. The van der Waals surface area contributed by atoms with E-state index in [0.717, 1.165) is 24.1 Å². The highest BCUT2D eigenvalue weighted by Crippen LogP contribution is 2.19. The Kier molecular flexibility index (Phi) is 3.76. The summed E-state index contributed by atoms with van der Waals surface area (Å²) in [4.78, 5) is 4.00. The molecule has 0 heterocycles. The standard InChI is InChI=1S/C8H11IN2/c9-6-11-5-7-3-1-2-4-8(7)10/h5-6,10H,1-4H2/b7-5-,10-8?,11-6?. The lowest BCUT2D eigenvalue weighted by molar-refractivity contribution is 0.729. The minimum absolute atomic E-state index is 0.776. The first-order valence-corrected chi connectivity index (χ1v) is 4.98. The predicted molar refractivity (Wildman–Crippen MR) is 56.8 cm³/mol. The monoisotopic (exact) mass is 262 g/mol. The molecule has 1 rings (SSSR count). The van der Waals surface area contributed by atoms with Crippen LogP contribution in [0.5, 0.6) is 0 Å². The van der Waals surface area contributed by atoms with E-state index in [9.17, 15) is 0 Å². The summed E-state index contributed by atoms with van der Waals surface area (Å²) in [5.74, 6) is 0. The van der Waals surface area contributed by atoms with Gasteiger partial charge in [-0.15, -0.1) is 0 Å². The second kappa shape index (κ2) is 4.64. The van der Waals surface area contributed by atoms with Crippen LogP contribution < -0.4 is 0 Å². The highest BCUT2D eigenvalue weighted by molar-refractivity contribution is 14.1. The van der Waals surface area contributed by atoms with Crippen molar-refractivity contribution in [2.45, 2.75) is 25.7 Å². The van der Waals surface area contributed by atoms with Crippen LogP contribution in [0.2, 0.25) is 0 Å². The van der Waals surface area contributed by atoms with Crippen LogP contribution in [-0.4, -0.2) is 9.93 Å². The molecule has 1 saturated carbocycles. The summed E-state index contributed by atoms with van der Waals surface area (Å²) in [6, 6.07) is 0. The molecule has 0 aromatic heterocycles. The number of rotatable bonds is 1. The van der Waals surface area contributed by atoms with Gasteiger partial charge in [-0.05, 0) is 53.8 Å². The number of allylic oxidation sites excluding steroid dienone is 1. The molecule has 11 heavy (non-hydrogen) atoms. The Balaban J connectivity index is 2.61. The Hall–Kier alpha value is -0.190. The maximum atomic E-state index is 7.58. The van der Waals surface area contributed by atoms with Crippen molar-refractivity contribution in [3.8, 4) is 0 Å². The van der Waals surface area contributed by atoms with Crippen molar-refractivity contribution in [3.05, 3.63) is 11.8 Å². The van der Waals surface area contributed by atoms with Crippen molar-refractivity contribution < 1.29 is 0 Å². The van der Waals surface area contributed by atoms with Crippen molar-refractivity contribution in [2.24, 2.45) is 4.99 Å². The molecule has 1 aliphatic rings. The topological polar surface area (TPSA) is 36.2 Å². The average molecular weight is 262 g/mol. The van der Waals surface area contributed by atoms with Gasteiger partial charge in [-0.2, -0.15) is 0 Å². The second-order valence-electron chi connectivity index (χ2n) is 2.59. The van der Waals surface area contributed by atoms with Crippen molar-refractivity contribution in [1.29, 1.82) is 5.41 Å². The summed E-state index contributed by atoms with van der Waals surface area (Å²) in [5, 5.41) is 7.58. The molecule has 0 amide bonds. The van der Waals surface area contributed by atoms with Gasteiger partial charge in [-0.1, -0.05) is 0 Å². The average Bonchev–Trinajstić information content (AvgIpc) is 2.03. The van der Waals surface area contributed by atoms with Gasteiger partial charge in [-0.25, -0.2) is 0 Å². The van der Waals surface area contributed by atoms with Crippen LogP contribution in [0.4, 0.5) is 0 Å². The van der Waals surface area contributed by atoms with Crippen LogP contribution in [0.15, 0.2) is 16.8 Å². The van der Waals surface area contributed by atoms with Gasteiger partial charge in [0.2, 0.25) is 0 Å². The van der Waals surface area contributed by atoms with Gasteiger partial charge >= 0.3 is 0 Å². The Morgan fingerprint density at radius 2 is 2.09 bits per heavy atom. The molecule has 0 bridgehead atoms. The molecule has 60 valence electrons. The first-order chi connectivity index (χ1) is 5.34. The van der Waals surface area contributed by atoms with Crippen LogP contribution in [0, 0.1) is 5.41 Å². The quantitative estimate of drug-likeness (QED) is 0.557. The van der Waals surface area contributed by atoms with Gasteiger partial charge in [0.05, 0.1) is 4.22 Å². The van der Waals surface area contributed by atoms with Gasteiger partial charge in [0, 0.05) is 11.9 Å². The van der Waals surface area contributed by atoms with Gasteiger partial charge in [0.25, 0.3) is 0 Å². The fourth-order valence-electron chi connectivity index (χ4n) is 1.19. The molecule has 0 unspecified atom stereocenters. The maximum absolute atomic E-state index is 7.58. The number of nitrogens with one attached hydrogen (secondary N) is 1. The van der Waals surface area contributed by atoms with E-state index >= 15 is 0 Å². The largest absolute Gasteiger partial charge is 0.305 e. The maximum Gasteiger partial charge on any atom is 0.0651 e. The Bertz CT molecular complexity index is 206. The molecule has 0 aromatic rings. The molecular weight excluding hydrogens is 251 g/mol. The molecule has 0 radical (unpaired) electrons. The summed E-state index contributed by atoms with van der Waals surface area (Å²) in [6.07, 6.45) is 6.17. The lowest BCUT2D eigenvalue weighted by Gasteiger charge is -2.13. The summed E-state index contributed by atoms with van der Waals surface area (Å²) in [6.45, 7) is 0. The van der Waals surface area contributed by atoms with E-state index in [-0.39, 0.29) is 0 Å². The Morgan fingerprint density at radius 3 is 2.73 bits per heavy atom. The molecule has 0 saturated heterocycles. The third kappa shape index (κ3) is 2.73. The van der Waals surface area contributed by atoms with E-state index in [4.69, 9.17) is 5.41 Å². The highest BCUT2D eigenvalue weighted by Gasteiger charge is 2.10. The fourth-order valence-corrected chi connectivity index (χ4v) is 1.35.